The van der Waals surface area contributed by atoms with Crippen LogP contribution >= 0.6 is 0 Å². The molecule has 1 aliphatic carbocycles. The van der Waals surface area contributed by atoms with Gasteiger partial charge < -0.3 is 29.9 Å². The summed E-state index contributed by atoms with van der Waals surface area (Å²) in [7, 11) is 0. The summed E-state index contributed by atoms with van der Waals surface area (Å²) in [5.74, 6) is 1.04. The first-order valence-corrected chi connectivity index (χ1v) is 14.5. The predicted octanol–water partition coefficient (Wildman–Crippen LogP) is 3.95. The molecule has 6 rings (SSSR count). The third-order valence-corrected chi connectivity index (χ3v) is 8.39. The SMILES string of the molecule is CCC(C)C1C(=O)Nc2ccc(NC3CC3)cc2-c2nc3cc(N4CCN(CCOCCO)CC4)ccc3n21. The van der Waals surface area contributed by atoms with Crippen molar-refractivity contribution in [1.82, 2.24) is 14.5 Å². The molecule has 1 amide bonds. The minimum atomic E-state index is -0.329. The normalized spacial score (nSPS) is 20.3. The van der Waals surface area contributed by atoms with Crippen molar-refractivity contribution < 1.29 is 14.6 Å². The van der Waals surface area contributed by atoms with E-state index in [1.54, 1.807) is 0 Å². The van der Waals surface area contributed by atoms with E-state index in [0.717, 1.165) is 72.9 Å². The fourth-order valence-corrected chi connectivity index (χ4v) is 5.80. The van der Waals surface area contributed by atoms with Crippen LogP contribution in [0.3, 0.4) is 0 Å². The molecule has 9 nitrogen and oxygen atoms in total. The number of piperazine rings is 1. The minimum Gasteiger partial charge on any atom is -0.394 e. The summed E-state index contributed by atoms with van der Waals surface area (Å²) < 4.78 is 7.62. The lowest BCUT2D eigenvalue weighted by Crippen LogP contribution is -2.47. The third kappa shape index (κ3) is 5.35. The van der Waals surface area contributed by atoms with Crippen LogP contribution in [-0.4, -0.2) is 84.1 Å². The Kier molecular flexibility index (Phi) is 7.47. The first-order valence-electron chi connectivity index (χ1n) is 14.5. The number of nitrogens with zero attached hydrogens (tertiary/aromatic N) is 4. The second-order valence-electron chi connectivity index (χ2n) is 11.1. The van der Waals surface area contributed by atoms with Crippen LogP contribution in [0.5, 0.6) is 0 Å². The van der Waals surface area contributed by atoms with E-state index >= 15 is 0 Å². The van der Waals surface area contributed by atoms with Crippen LogP contribution in [0.15, 0.2) is 36.4 Å². The zero-order valence-electron chi connectivity index (χ0n) is 23.0. The van der Waals surface area contributed by atoms with Gasteiger partial charge in [-0.15, -0.1) is 0 Å². The maximum atomic E-state index is 13.6. The van der Waals surface area contributed by atoms with E-state index in [4.69, 9.17) is 14.8 Å². The first-order chi connectivity index (χ1) is 19.1. The van der Waals surface area contributed by atoms with E-state index in [-0.39, 0.29) is 24.5 Å². The van der Waals surface area contributed by atoms with Gasteiger partial charge in [0.1, 0.15) is 11.9 Å². The van der Waals surface area contributed by atoms with Gasteiger partial charge in [-0.3, -0.25) is 9.69 Å². The fraction of sp³-hybridized carbons (Fsp3) is 0.533. The Morgan fingerprint density at radius 2 is 1.95 bits per heavy atom. The average Bonchev–Trinajstić information content (AvgIpc) is 3.72. The molecule has 1 saturated carbocycles. The number of rotatable bonds is 10. The molecule has 3 heterocycles. The first kappa shape index (κ1) is 26.1. The number of imidazole rings is 1. The van der Waals surface area contributed by atoms with Crippen LogP contribution < -0.4 is 15.5 Å². The Bertz CT molecular complexity index is 1330. The molecule has 2 fully saturated rings. The Balaban J connectivity index is 1.32. The molecule has 208 valence electrons. The second kappa shape index (κ2) is 11.2. The van der Waals surface area contributed by atoms with Gasteiger partial charge in [0, 0.05) is 55.7 Å². The number of hydrogen-bond donors (Lipinski definition) is 3. The average molecular weight is 533 g/mol. The van der Waals surface area contributed by atoms with Gasteiger partial charge in [0.2, 0.25) is 5.91 Å². The summed E-state index contributed by atoms with van der Waals surface area (Å²) in [6, 6.07) is 13.0. The maximum absolute atomic E-state index is 13.6. The van der Waals surface area contributed by atoms with Gasteiger partial charge in [-0.1, -0.05) is 20.3 Å². The number of carbonyl (C=O) groups excluding carboxylic acids is 1. The number of benzene rings is 2. The predicted molar refractivity (Wildman–Crippen MR) is 155 cm³/mol. The van der Waals surface area contributed by atoms with Crippen LogP contribution in [0.2, 0.25) is 0 Å². The molecule has 0 radical (unpaired) electrons. The molecule has 9 heteroatoms. The summed E-state index contributed by atoms with van der Waals surface area (Å²) in [6.45, 7) is 10.1. The van der Waals surface area contributed by atoms with Crippen molar-refractivity contribution >= 4 is 34.0 Å². The van der Waals surface area contributed by atoms with Gasteiger partial charge in [-0.2, -0.15) is 0 Å². The Morgan fingerprint density at radius 3 is 2.69 bits per heavy atom. The lowest BCUT2D eigenvalue weighted by Gasteiger charge is -2.36. The lowest BCUT2D eigenvalue weighted by molar-refractivity contribution is -0.120. The van der Waals surface area contributed by atoms with E-state index in [2.05, 4.69) is 69.2 Å². The number of fused-ring (bicyclic) bond motifs is 5. The molecular weight excluding hydrogens is 492 g/mol. The second-order valence-corrected chi connectivity index (χ2v) is 11.1. The number of aromatic nitrogens is 2. The van der Waals surface area contributed by atoms with Crippen molar-refractivity contribution in [2.24, 2.45) is 5.92 Å². The highest BCUT2D eigenvalue weighted by Gasteiger charge is 2.34. The molecule has 3 aliphatic rings. The smallest absolute Gasteiger partial charge is 0.247 e. The van der Waals surface area contributed by atoms with E-state index in [0.29, 0.717) is 19.3 Å². The highest BCUT2D eigenvalue weighted by Crippen LogP contribution is 2.41. The zero-order chi connectivity index (χ0) is 26.9. The van der Waals surface area contributed by atoms with Crippen molar-refractivity contribution in [3.63, 3.8) is 0 Å². The summed E-state index contributed by atoms with van der Waals surface area (Å²) >= 11 is 0. The summed E-state index contributed by atoms with van der Waals surface area (Å²) in [5, 5.41) is 15.7. The number of hydrogen-bond acceptors (Lipinski definition) is 7. The molecule has 0 spiro atoms. The fourth-order valence-electron chi connectivity index (χ4n) is 5.80. The molecule has 2 atom stereocenters. The van der Waals surface area contributed by atoms with Gasteiger partial charge in [-0.25, -0.2) is 4.98 Å². The van der Waals surface area contributed by atoms with Gasteiger partial charge in [0.05, 0.1) is 36.5 Å². The molecule has 39 heavy (non-hydrogen) atoms. The summed E-state index contributed by atoms with van der Waals surface area (Å²) in [6.07, 6.45) is 3.31. The van der Waals surface area contributed by atoms with Crippen molar-refractivity contribution in [3.8, 4) is 11.4 Å². The Morgan fingerprint density at radius 1 is 1.13 bits per heavy atom. The number of aliphatic hydroxyl groups is 1. The number of ether oxygens (including phenoxy) is 1. The monoisotopic (exact) mass is 532 g/mol. The maximum Gasteiger partial charge on any atom is 0.247 e. The van der Waals surface area contributed by atoms with E-state index in [1.165, 1.54) is 18.5 Å². The summed E-state index contributed by atoms with van der Waals surface area (Å²) in [4.78, 5) is 23.6. The quantitative estimate of drug-likeness (QED) is 0.341. The zero-order valence-corrected chi connectivity index (χ0v) is 23.0. The molecule has 1 saturated heterocycles. The van der Waals surface area contributed by atoms with Crippen molar-refractivity contribution in [2.75, 3.05) is 68.1 Å². The largest absolute Gasteiger partial charge is 0.394 e. The molecule has 0 bridgehead atoms. The molecule has 2 aliphatic heterocycles. The van der Waals surface area contributed by atoms with E-state index < -0.39 is 0 Å². The Hall–Kier alpha value is -3.14. The minimum absolute atomic E-state index is 0.0229. The van der Waals surface area contributed by atoms with E-state index in [9.17, 15) is 4.79 Å². The van der Waals surface area contributed by atoms with Crippen molar-refractivity contribution in [2.45, 2.75) is 45.2 Å². The number of amides is 1. The number of carbonyl (C=O) groups is 1. The van der Waals surface area contributed by atoms with Gasteiger partial charge in [0.25, 0.3) is 0 Å². The van der Waals surface area contributed by atoms with Gasteiger partial charge in [0.15, 0.2) is 0 Å². The van der Waals surface area contributed by atoms with Crippen LogP contribution in [0.1, 0.15) is 39.2 Å². The molecule has 2 aromatic carbocycles. The Labute approximate surface area is 230 Å². The topological polar surface area (TPSA) is 94.9 Å². The number of anilines is 3. The van der Waals surface area contributed by atoms with Crippen LogP contribution in [0.4, 0.5) is 17.1 Å². The van der Waals surface area contributed by atoms with Crippen LogP contribution in [-0.2, 0) is 9.53 Å². The molecule has 2 unspecified atom stereocenters. The number of aliphatic hydroxyl groups excluding tert-OH is 1. The highest BCUT2D eigenvalue weighted by atomic mass is 16.5. The van der Waals surface area contributed by atoms with Crippen molar-refractivity contribution in [3.05, 3.63) is 36.4 Å². The van der Waals surface area contributed by atoms with Crippen LogP contribution in [0, 0.1) is 5.92 Å². The standard InChI is InChI=1S/C30H40N6O3/c1-3-20(2)28-30(38)33-25-8-6-22(31-21-4-5-21)18-24(25)29-32-26-19-23(7-9-27(26)36(28)29)35-12-10-34(11-13-35)14-16-39-17-15-37/h6-9,18-21,28,31,37H,3-5,10-17H2,1-2H3,(H,33,38). The molecule has 3 N–H and O–H groups in total. The molecule has 3 aromatic rings. The van der Waals surface area contributed by atoms with Crippen molar-refractivity contribution in [1.29, 1.82) is 0 Å². The molecule has 1 aromatic heterocycles. The van der Waals surface area contributed by atoms with Gasteiger partial charge >= 0.3 is 0 Å². The molecular formula is C30H40N6O3. The third-order valence-electron chi connectivity index (χ3n) is 8.39. The lowest BCUT2D eigenvalue weighted by atomic mass is 9.98. The van der Waals surface area contributed by atoms with Gasteiger partial charge in [-0.05, 0) is 55.2 Å². The number of nitrogens with one attached hydrogen (secondary N) is 2. The van der Waals surface area contributed by atoms with Crippen LogP contribution in [0.25, 0.3) is 22.4 Å². The van der Waals surface area contributed by atoms with E-state index in [1.807, 2.05) is 6.07 Å². The highest BCUT2D eigenvalue weighted by molar-refractivity contribution is 6.02. The summed E-state index contributed by atoms with van der Waals surface area (Å²) in [5.41, 5.74) is 5.96.